The van der Waals surface area contributed by atoms with Gasteiger partial charge in [0.2, 0.25) is 5.91 Å². The molecule has 0 heterocycles. The molecule has 1 aromatic rings. The molecule has 4 heteroatoms. The molecule has 0 atom stereocenters. The molecule has 0 aromatic heterocycles. The summed E-state index contributed by atoms with van der Waals surface area (Å²) in [5.74, 6) is 0.0914. The van der Waals surface area contributed by atoms with E-state index in [1.54, 1.807) is 13.8 Å². The number of carboxylic acid groups (broad SMARTS) is 1. The Labute approximate surface area is 202 Å². The lowest BCUT2D eigenvalue weighted by Gasteiger charge is -2.01. The van der Waals surface area contributed by atoms with Crippen LogP contribution < -0.4 is 5.32 Å². The maximum atomic E-state index is 10.9. The zero-order chi connectivity index (χ0) is 24.7. The van der Waals surface area contributed by atoms with Crippen LogP contribution in [0.4, 0.5) is 0 Å². The lowest BCUT2D eigenvalue weighted by Crippen LogP contribution is -2.21. The maximum absolute atomic E-state index is 10.9. The molecule has 186 valence electrons. The summed E-state index contributed by atoms with van der Waals surface area (Å²) in [7, 11) is 0. The summed E-state index contributed by atoms with van der Waals surface area (Å²) in [4.78, 5) is 20.6. The van der Waals surface area contributed by atoms with E-state index in [0.29, 0.717) is 6.42 Å². The number of aryl methyl sites for hydroxylation is 1. The van der Waals surface area contributed by atoms with Crippen LogP contribution in [0.5, 0.6) is 0 Å². The Hall–Kier alpha value is -2.36. The van der Waals surface area contributed by atoms with Crippen LogP contribution >= 0.6 is 0 Å². The number of carboxylic acids is 1. The number of hydrogen-bond acceptors (Lipinski definition) is 2. The van der Waals surface area contributed by atoms with E-state index in [0.717, 1.165) is 25.3 Å². The number of carbonyl (C=O) groups excluding carboxylic acids is 1. The summed E-state index contributed by atoms with van der Waals surface area (Å²) in [6.45, 7) is 7.95. The SMILES string of the molecule is C(=C\C1CCCC1)/CCCc1ccccc1.C/C=C\CCCC(=O)NCC.CC(C)C(=O)O. The van der Waals surface area contributed by atoms with Gasteiger partial charge in [0, 0.05) is 13.0 Å². The van der Waals surface area contributed by atoms with Gasteiger partial charge in [-0.3, -0.25) is 9.59 Å². The first kappa shape index (κ1) is 30.6. The van der Waals surface area contributed by atoms with Gasteiger partial charge in [0.05, 0.1) is 5.92 Å². The smallest absolute Gasteiger partial charge is 0.305 e. The van der Waals surface area contributed by atoms with E-state index in [1.165, 1.54) is 50.5 Å². The zero-order valence-electron chi connectivity index (χ0n) is 21.4. The summed E-state index contributed by atoms with van der Waals surface area (Å²) in [5.41, 5.74) is 1.47. The number of carbonyl (C=O) groups is 2. The molecule has 0 aliphatic heterocycles. The molecule has 4 nitrogen and oxygen atoms in total. The molecule has 2 N–H and O–H groups in total. The highest BCUT2D eigenvalue weighted by Crippen LogP contribution is 2.25. The molecule has 1 aliphatic rings. The Bertz CT molecular complexity index is 659. The third-order valence-corrected chi connectivity index (χ3v) is 5.37. The van der Waals surface area contributed by atoms with E-state index in [1.807, 2.05) is 19.9 Å². The maximum Gasteiger partial charge on any atom is 0.305 e. The average Bonchev–Trinajstić information content (AvgIpc) is 3.32. The van der Waals surface area contributed by atoms with Gasteiger partial charge in [-0.15, -0.1) is 0 Å². The quantitative estimate of drug-likeness (QED) is 0.269. The second kappa shape index (κ2) is 21.5. The van der Waals surface area contributed by atoms with Crippen LogP contribution in [0.3, 0.4) is 0 Å². The minimum absolute atomic E-state index is 0.164. The zero-order valence-corrected chi connectivity index (χ0v) is 21.4. The van der Waals surface area contributed by atoms with Crippen molar-refractivity contribution < 1.29 is 14.7 Å². The number of benzene rings is 1. The molecule has 0 spiro atoms. The van der Waals surface area contributed by atoms with E-state index in [-0.39, 0.29) is 11.8 Å². The highest BCUT2D eigenvalue weighted by Gasteiger charge is 2.10. The molecule has 1 aliphatic carbocycles. The number of aliphatic carboxylic acids is 1. The van der Waals surface area contributed by atoms with Crippen molar-refractivity contribution in [1.29, 1.82) is 0 Å². The van der Waals surface area contributed by atoms with Crippen molar-refractivity contribution in [3.05, 3.63) is 60.2 Å². The van der Waals surface area contributed by atoms with Gasteiger partial charge >= 0.3 is 5.97 Å². The molecule has 1 amide bonds. The molecule has 0 radical (unpaired) electrons. The van der Waals surface area contributed by atoms with Gasteiger partial charge in [-0.25, -0.2) is 0 Å². The van der Waals surface area contributed by atoms with Crippen molar-refractivity contribution in [3.63, 3.8) is 0 Å². The number of unbranched alkanes of at least 4 members (excludes halogenated alkanes) is 2. The number of allylic oxidation sites excluding steroid dienone is 4. The van der Waals surface area contributed by atoms with Gasteiger partial charge in [0.25, 0.3) is 0 Å². The molecule has 1 aromatic carbocycles. The third kappa shape index (κ3) is 20.0. The number of amides is 1. The van der Waals surface area contributed by atoms with E-state index >= 15 is 0 Å². The average molecular weight is 458 g/mol. The van der Waals surface area contributed by atoms with Crippen molar-refractivity contribution in [2.75, 3.05) is 6.54 Å². The lowest BCUT2D eigenvalue weighted by atomic mass is 10.1. The first-order chi connectivity index (χ1) is 15.9. The minimum atomic E-state index is -0.741. The number of hydrogen-bond donors (Lipinski definition) is 2. The number of rotatable bonds is 11. The molecule has 1 saturated carbocycles. The van der Waals surface area contributed by atoms with Crippen LogP contribution in [0, 0.1) is 11.8 Å². The van der Waals surface area contributed by atoms with Gasteiger partial charge in [-0.1, -0.05) is 81.3 Å². The second-order valence-electron chi connectivity index (χ2n) is 8.76. The summed E-state index contributed by atoms with van der Waals surface area (Å²) < 4.78 is 0. The van der Waals surface area contributed by atoms with Crippen molar-refractivity contribution in [1.82, 2.24) is 5.32 Å². The van der Waals surface area contributed by atoms with Crippen LogP contribution in [0.1, 0.15) is 91.0 Å². The largest absolute Gasteiger partial charge is 0.481 e. The van der Waals surface area contributed by atoms with Crippen LogP contribution in [-0.4, -0.2) is 23.5 Å². The standard InChI is InChI=1S/C16H22.C9H17NO.C4H8O2/c1-3-9-15(10-4-1)11-5-2-6-12-16-13-7-8-14-16;1-3-5-6-7-8-9(11)10-4-2;1-3(2)4(5)6/h1,3-4,6,9-10,12,16H,2,5,7-8,11,13-14H2;3,5H,4,6-8H2,1-2H3,(H,10,11);3H,1-2H3,(H,5,6)/b12-6+;5-3-;. The highest BCUT2D eigenvalue weighted by molar-refractivity contribution is 5.75. The van der Waals surface area contributed by atoms with Crippen LogP contribution in [0.15, 0.2) is 54.6 Å². The molecule has 2 rings (SSSR count). The van der Waals surface area contributed by atoms with Gasteiger partial charge in [0.15, 0.2) is 0 Å². The van der Waals surface area contributed by atoms with Gasteiger partial charge in [0.1, 0.15) is 0 Å². The van der Waals surface area contributed by atoms with Crippen molar-refractivity contribution in [2.24, 2.45) is 11.8 Å². The Kier molecular flexibility index (Phi) is 19.9. The van der Waals surface area contributed by atoms with Crippen LogP contribution in [0.25, 0.3) is 0 Å². The first-order valence-electron chi connectivity index (χ1n) is 12.7. The number of nitrogens with one attached hydrogen (secondary N) is 1. The van der Waals surface area contributed by atoms with E-state index in [4.69, 9.17) is 5.11 Å². The molecule has 0 bridgehead atoms. The first-order valence-corrected chi connectivity index (χ1v) is 12.7. The van der Waals surface area contributed by atoms with Crippen molar-refractivity contribution >= 4 is 11.9 Å². The topological polar surface area (TPSA) is 66.4 Å². The molecule has 0 saturated heterocycles. The molecular weight excluding hydrogens is 410 g/mol. The van der Waals surface area contributed by atoms with Gasteiger partial charge in [-0.05, 0) is 70.3 Å². The third-order valence-electron chi connectivity index (χ3n) is 5.37. The Morgan fingerprint density at radius 3 is 2.21 bits per heavy atom. The second-order valence-corrected chi connectivity index (χ2v) is 8.76. The van der Waals surface area contributed by atoms with Crippen LogP contribution in [-0.2, 0) is 16.0 Å². The van der Waals surface area contributed by atoms with Gasteiger partial charge in [-0.2, -0.15) is 0 Å². The Balaban J connectivity index is 0.000000525. The lowest BCUT2D eigenvalue weighted by molar-refractivity contribution is -0.140. The normalized spacial score (nSPS) is 13.5. The fraction of sp³-hybridized carbons (Fsp3) is 0.586. The fourth-order valence-corrected chi connectivity index (χ4v) is 3.34. The van der Waals surface area contributed by atoms with E-state index in [2.05, 4.69) is 53.9 Å². The van der Waals surface area contributed by atoms with Crippen molar-refractivity contribution in [3.8, 4) is 0 Å². The molecule has 33 heavy (non-hydrogen) atoms. The predicted octanol–water partition coefficient (Wildman–Crippen LogP) is 7.35. The predicted molar refractivity (Wildman–Crippen MR) is 140 cm³/mol. The minimum Gasteiger partial charge on any atom is -0.481 e. The van der Waals surface area contributed by atoms with Crippen LogP contribution in [0.2, 0.25) is 0 Å². The summed E-state index contributed by atoms with van der Waals surface area (Å²) in [6.07, 6.45) is 21.0. The fourth-order valence-electron chi connectivity index (χ4n) is 3.34. The Morgan fingerprint density at radius 1 is 1.06 bits per heavy atom. The molecular formula is C29H47NO3. The monoisotopic (exact) mass is 457 g/mol. The Morgan fingerprint density at radius 2 is 1.67 bits per heavy atom. The molecule has 0 unspecified atom stereocenters. The van der Waals surface area contributed by atoms with E-state index in [9.17, 15) is 9.59 Å². The summed E-state index contributed by atoms with van der Waals surface area (Å²) in [6, 6.07) is 10.8. The van der Waals surface area contributed by atoms with Gasteiger partial charge < -0.3 is 10.4 Å². The van der Waals surface area contributed by atoms with E-state index < -0.39 is 5.97 Å². The molecule has 1 fully saturated rings. The summed E-state index contributed by atoms with van der Waals surface area (Å²) in [5, 5.41) is 10.8. The van der Waals surface area contributed by atoms with Crippen molar-refractivity contribution in [2.45, 2.75) is 91.9 Å². The summed E-state index contributed by atoms with van der Waals surface area (Å²) >= 11 is 0. The highest BCUT2D eigenvalue weighted by atomic mass is 16.4.